The lowest BCUT2D eigenvalue weighted by atomic mass is 10.1. The zero-order chi connectivity index (χ0) is 17.5. The number of hydrogen-bond donors (Lipinski definition) is 0. The molecule has 0 bridgehead atoms. The predicted octanol–water partition coefficient (Wildman–Crippen LogP) is 4.23. The number of hydrogen-bond acceptors (Lipinski definition) is 5. The van der Waals surface area contributed by atoms with Crippen LogP contribution >= 0.6 is 11.3 Å². The highest BCUT2D eigenvalue weighted by atomic mass is 32.1. The first kappa shape index (κ1) is 17.3. The highest BCUT2D eigenvalue weighted by Gasteiger charge is 2.10. The number of rotatable bonds is 7. The van der Waals surface area contributed by atoms with Crippen molar-refractivity contribution in [2.24, 2.45) is 0 Å². The molecule has 0 saturated carbocycles. The Morgan fingerprint density at radius 2 is 2.16 bits per heavy atom. The van der Waals surface area contributed by atoms with E-state index >= 15 is 0 Å². The van der Waals surface area contributed by atoms with Gasteiger partial charge >= 0.3 is 5.97 Å². The Morgan fingerprint density at radius 1 is 1.24 bits per heavy atom. The molecule has 0 aliphatic rings. The smallest absolute Gasteiger partial charge is 0.311 e. The molecule has 0 fully saturated rings. The highest BCUT2D eigenvalue weighted by molar-refractivity contribution is 7.13. The number of pyridine rings is 1. The first-order chi connectivity index (χ1) is 12.2. The summed E-state index contributed by atoms with van der Waals surface area (Å²) >= 11 is 1.55. The standard InChI is InChI=1S/C20H20N2O2S/c1-15-5-2-8-17(11-15)20-22-18(14-25-20)12-19(23)24-10-4-7-16-6-3-9-21-13-16/h2-3,5-6,8-9,11,13-14H,4,7,10,12H2,1H3. The van der Waals surface area contributed by atoms with Crippen molar-refractivity contribution >= 4 is 17.3 Å². The summed E-state index contributed by atoms with van der Waals surface area (Å²) in [5, 5.41) is 2.86. The molecule has 0 unspecified atom stereocenters. The summed E-state index contributed by atoms with van der Waals surface area (Å²) in [5.74, 6) is -0.229. The molecule has 3 aromatic rings. The number of thiazole rings is 1. The molecule has 0 aliphatic heterocycles. The molecule has 0 amide bonds. The maximum atomic E-state index is 12.0. The Kier molecular flexibility index (Phi) is 5.90. The number of ether oxygens (including phenoxy) is 1. The molecular formula is C20H20N2O2S. The average Bonchev–Trinajstić information content (AvgIpc) is 3.08. The fraction of sp³-hybridized carbons (Fsp3) is 0.250. The molecule has 3 rings (SSSR count). The fourth-order valence-corrected chi connectivity index (χ4v) is 3.32. The van der Waals surface area contributed by atoms with Crippen molar-refractivity contribution in [2.45, 2.75) is 26.2 Å². The Balaban J connectivity index is 1.45. The van der Waals surface area contributed by atoms with Gasteiger partial charge < -0.3 is 4.74 Å². The fourth-order valence-electron chi connectivity index (χ4n) is 2.51. The normalized spacial score (nSPS) is 10.6. The van der Waals surface area contributed by atoms with E-state index in [0.29, 0.717) is 6.61 Å². The molecule has 0 N–H and O–H groups in total. The van der Waals surface area contributed by atoms with Crippen molar-refractivity contribution in [2.75, 3.05) is 6.61 Å². The van der Waals surface area contributed by atoms with Gasteiger partial charge in [-0.25, -0.2) is 4.98 Å². The van der Waals surface area contributed by atoms with Gasteiger partial charge in [0.1, 0.15) is 5.01 Å². The number of aromatic nitrogens is 2. The summed E-state index contributed by atoms with van der Waals surface area (Å²) in [6.07, 6.45) is 5.46. The van der Waals surface area contributed by atoms with Gasteiger partial charge in [0, 0.05) is 23.3 Å². The van der Waals surface area contributed by atoms with Gasteiger partial charge in [0.2, 0.25) is 0 Å². The topological polar surface area (TPSA) is 52.1 Å². The lowest BCUT2D eigenvalue weighted by Crippen LogP contribution is -2.09. The van der Waals surface area contributed by atoms with Crippen LogP contribution in [0.1, 0.15) is 23.2 Å². The lowest BCUT2D eigenvalue weighted by Gasteiger charge is -2.04. The first-order valence-electron chi connectivity index (χ1n) is 8.27. The Bertz CT molecular complexity index is 830. The zero-order valence-corrected chi connectivity index (χ0v) is 15.0. The number of nitrogens with zero attached hydrogens (tertiary/aromatic N) is 2. The third-order valence-corrected chi connectivity index (χ3v) is 4.68. The Morgan fingerprint density at radius 3 is 2.96 bits per heavy atom. The van der Waals surface area contributed by atoms with Crippen molar-refractivity contribution in [3.05, 3.63) is 71.0 Å². The van der Waals surface area contributed by atoms with E-state index in [4.69, 9.17) is 4.74 Å². The van der Waals surface area contributed by atoms with Crippen molar-refractivity contribution in [3.63, 3.8) is 0 Å². The summed E-state index contributed by atoms with van der Waals surface area (Å²) < 4.78 is 5.31. The van der Waals surface area contributed by atoms with E-state index in [1.807, 2.05) is 35.8 Å². The van der Waals surface area contributed by atoms with Crippen LogP contribution in [-0.4, -0.2) is 22.5 Å². The van der Waals surface area contributed by atoms with Crippen LogP contribution in [-0.2, 0) is 22.4 Å². The van der Waals surface area contributed by atoms with Crippen LogP contribution in [0.3, 0.4) is 0 Å². The molecule has 0 saturated heterocycles. The second-order valence-corrected chi connectivity index (χ2v) is 6.73. The molecule has 0 radical (unpaired) electrons. The second kappa shape index (κ2) is 8.53. The number of benzene rings is 1. The molecule has 5 heteroatoms. The number of esters is 1. The van der Waals surface area contributed by atoms with Crippen molar-refractivity contribution in [3.8, 4) is 10.6 Å². The van der Waals surface area contributed by atoms with Crippen LogP contribution in [0.15, 0.2) is 54.2 Å². The van der Waals surface area contributed by atoms with Crippen LogP contribution in [0.4, 0.5) is 0 Å². The van der Waals surface area contributed by atoms with Crippen LogP contribution in [0.25, 0.3) is 10.6 Å². The Labute approximate surface area is 151 Å². The van der Waals surface area contributed by atoms with Gasteiger partial charge in [0.05, 0.1) is 18.7 Å². The first-order valence-corrected chi connectivity index (χ1v) is 9.14. The summed E-state index contributed by atoms with van der Waals surface area (Å²) in [5.41, 5.74) is 4.20. The number of carbonyl (C=O) groups is 1. The molecule has 2 heterocycles. The number of carbonyl (C=O) groups excluding carboxylic acids is 1. The lowest BCUT2D eigenvalue weighted by molar-refractivity contribution is -0.142. The minimum atomic E-state index is -0.229. The third-order valence-electron chi connectivity index (χ3n) is 3.74. The van der Waals surface area contributed by atoms with E-state index in [0.717, 1.165) is 34.7 Å². The molecule has 4 nitrogen and oxygen atoms in total. The van der Waals surface area contributed by atoms with Crippen LogP contribution in [0, 0.1) is 6.92 Å². The maximum absolute atomic E-state index is 12.0. The van der Waals surface area contributed by atoms with Crippen molar-refractivity contribution in [1.29, 1.82) is 0 Å². The molecular weight excluding hydrogens is 332 g/mol. The molecule has 2 aromatic heterocycles. The van der Waals surface area contributed by atoms with Crippen LogP contribution in [0.2, 0.25) is 0 Å². The predicted molar refractivity (Wildman–Crippen MR) is 99.5 cm³/mol. The van der Waals surface area contributed by atoms with E-state index in [1.165, 1.54) is 5.56 Å². The van der Waals surface area contributed by atoms with Crippen molar-refractivity contribution < 1.29 is 9.53 Å². The van der Waals surface area contributed by atoms with E-state index < -0.39 is 0 Å². The summed E-state index contributed by atoms with van der Waals surface area (Å²) in [6.45, 7) is 2.48. The van der Waals surface area contributed by atoms with Crippen LogP contribution in [0.5, 0.6) is 0 Å². The second-order valence-electron chi connectivity index (χ2n) is 5.88. The van der Waals surface area contributed by atoms with Gasteiger partial charge in [0.25, 0.3) is 0 Å². The van der Waals surface area contributed by atoms with E-state index in [2.05, 4.69) is 29.0 Å². The highest BCUT2D eigenvalue weighted by Crippen LogP contribution is 2.24. The maximum Gasteiger partial charge on any atom is 0.311 e. The quantitative estimate of drug-likeness (QED) is 0.472. The SMILES string of the molecule is Cc1cccc(-c2nc(CC(=O)OCCCc3cccnc3)cs2)c1. The third kappa shape index (κ3) is 5.22. The van der Waals surface area contributed by atoms with Gasteiger partial charge in [-0.1, -0.05) is 29.8 Å². The molecule has 0 spiro atoms. The molecule has 0 atom stereocenters. The van der Waals surface area contributed by atoms with E-state index in [9.17, 15) is 4.79 Å². The molecule has 128 valence electrons. The van der Waals surface area contributed by atoms with Gasteiger partial charge in [-0.2, -0.15) is 0 Å². The van der Waals surface area contributed by atoms with Crippen LogP contribution < -0.4 is 0 Å². The minimum Gasteiger partial charge on any atom is -0.465 e. The number of aryl methyl sites for hydroxylation is 2. The monoisotopic (exact) mass is 352 g/mol. The Hall–Kier alpha value is -2.53. The van der Waals surface area contributed by atoms with Gasteiger partial charge in [-0.15, -0.1) is 11.3 Å². The molecule has 1 aromatic carbocycles. The van der Waals surface area contributed by atoms with E-state index in [1.54, 1.807) is 17.5 Å². The van der Waals surface area contributed by atoms with Crippen molar-refractivity contribution in [1.82, 2.24) is 9.97 Å². The van der Waals surface area contributed by atoms with Gasteiger partial charge in [-0.3, -0.25) is 9.78 Å². The van der Waals surface area contributed by atoms with Gasteiger partial charge in [-0.05, 0) is 37.5 Å². The summed E-state index contributed by atoms with van der Waals surface area (Å²) in [7, 11) is 0. The largest absolute Gasteiger partial charge is 0.465 e. The summed E-state index contributed by atoms with van der Waals surface area (Å²) in [6, 6.07) is 12.1. The van der Waals surface area contributed by atoms with E-state index in [-0.39, 0.29) is 12.4 Å². The zero-order valence-electron chi connectivity index (χ0n) is 14.1. The minimum absolute atomic E-state index is 0.217. The molecule has 0 aliphatic carbocycles. The van der Waals surface area contributed by atoms with Gasteiger partial charge in [0.15, 0.2) is 0 Å². The average molecular weight is 352 g/mol. The summed E-state index contributed by atoms with van der Waals surface area (Å²) in [4.78, 5) is 20.6. The molecule has 25 heavy (non-hydrogen) atoms.